The zero-order chi connectivity index (χ0) is 14.4. The predicted octanol–water partition coefficient (Wildman–Crippen LogP) is 3.05. The number of rotatable bonds is 6. The van der Waals surface area contributed by atoms with Crippen LogP contribution in [0.4, 0.5) is 0 Å². The van der Waals surface area contributed by atoms with E-state index in [2.05, 4.69) is 49.6 Å². The molecule has 3 atom stereocenters. The van der Waals surface area contributed by atoms with Crippen molar-refractivity contribution in [2.75, 3.05) is 6.61 Å². The van der Waals surface area contributed by atoms with Gasteiger partial charge in [0, 0.05) is 6.61 Å². The summed E-state index contributed by atoms with van der Waals surface area (Å²) in [6.07, 6.45) is 5.66. The van der Waals surface area contributed by atoms with Crippen LogP contribution in [0, 0.1) is 5.92 Å². The maximum atomic E-state index is 6.22. The maximum absolute atomic E-state index is 6.22. The number of benzene rings is 1. The Morgan fingerprint density at radius 3 is 2.75 bits per heavy atom. The van der Waals surface area contributed by atoms with E-state index in [9.17, 15) is 0 Å². The molecule has 3 N–H and O–H groups in total. The lowest BCUT2D eigenvalue weighted by molar-refractivity contribution is -0.100. The highest BCUT2D eigenvalue weighted by molar-refractivity contribution is 5.17. The van der Waals surface area contributed by atoms with Crippen LogP contribution in [0.1, 0.15) is 45.1 Å². The molecule has 0 radical (unpaired) electrons. The van der Waals surface area contributed by atoms with E-state index in [1.807, 2.05) is 0 Å². The smallest absolute Gasteiger partial charge is 0.0853 e. The van der Waals surface area contributed by atoms with Crippen LogP contribution in [-0.4, -0.2) is 18.2 Å². The first kappa shape index (κ1) is 15.5. The Balaban J connectivity index is 2.16. The summed E-state index contributed by atoms with van der Waals surface area (Å²) in [4.78, 5) is 0. The first-order chi connectivity index (χ1) is 9.70. The second-order valence-electron chi connectivity index (χ2n) is 6.11. The molecular formula is C17H28N2O. The largest absolute Gasteiger partial charge is 0.374 e. The molecule has 1 aromatic carbocycles. The van der Waals surface area contributed by atoms with Crippen LogP contribution in [-0.2, 0) is 11.2 Å². The zero-order valence-corrected chi connectivity index (χ0v) is 12.8. The topological polar surface area (TPSA) is 47.3 Å². The standard InChI is InChI=1S/C17H28N2O/c1-3-20-17(11-7-8-14(2)13-17)16(19-18)12-15-9-5-4-6-10-15/h4-6,9-10,14,16,19H,3,7-8,11-13,18H2,1-2H3. The lowest BCUT2D eigenvalue weighted by Crippen LogP contribution is -2.57. The molecule has 0 bridgehead atoms. The van der Waals surface area contributed by atoms with E-state index in [1.165, 1.54) is 18.4 Å². The second-order valence-corrected chi connectivity index (χ2v) is 6.11. The van der Waals surface area contributed by atoms with E-state index >= 15 is 0 Å². The Labute approximate surface area is 122 Å². The molecule has 2 rings (SSSR count). The molecule has 1 aliphatic carbocycles. The SMILES string of the molecule is CCOC1(C(Cc2ccccc2)NN)CCCC(C)C1. The van der Waals surface area contributed by atoms with Crippen LogP contribution >= 0.6 is 0 Å². The van der Waals surface area contributed by atoms with Crippen LogP contribution < -0.4 is 11.3 Å². The third-order valence-corrected chi connectivity index (χ3v) is 4.54. The van der Waals surface area contributed by atoms with Gasteiger partial charge >= 0.3 is 0 Å². The third-order valence-electron chi connectivity index (χ3n) is 4.54. The highest BCUT2D eigenvalue weighted by Gasteiger charge is 2.42. The molecule has 0 saturated heterocycles. The third kappa shape index (κ3) is 3.60. The summed E-state index contributed by atoms with van der Waals surface area (Å²) < 4.78 is 6.22. The Hall–Kier alpha value is -0.900. The Morgan fingerprint density at radius 1 is 1.40 bits per heavy atom. The lowest BCUT2D eigenvalue weighted by Gasteiger charge is -2.45. The summed E-state index contributed by atoms with van der Waals surface area (Å²) in [6.45, 7) is 5.15. The molecule has 112 valence electrons. The van der Waals surface area contributed by atoms with E-state index in [4.69, 9.17) is 10.6 Å². The molecule has 0 spiro atoms. The van der Waals surface area contributed by atoms with Gasteiger partial charge in [0.05, 0.1) is 11.6 Å². The number of nitrogens with two attached hydrogens (primary N) is 1. The monoisotopic (exact) mass is 276 g/mol. The average molecular weight is 276 g/mol. The quantitative estimate of drug-likeness (QED) is 0.620. The van der Waals surface area contributed by atoms with Crippen molar-refractivity contribution in [1.82, 2.24) is 5.43 Å². The molecule has 3 nitrogen and oxygen atoms in total. The molecule has 0 aliphatic heterocycles. The van der Waals surface area contributed by atoms with Gasteiger partial charge in [0.1, 0.15) is 0 Å². The fraction of sp³-hybridized carbons (Fsp3) is 0.647. The van der Waals surface area contributed by atoms with Gasteiger partial charge in [0.25, 0.3) is 0 Å². The van der Waals surface area contributed by atoms with Crippen molar-refractivity contribution in [2.24, 2.45) is 11.8 Å². The van der Waals surface area contributed by atoms with E-state index in [1.54, 1.807) is 0 Å². The van der Waals surface area contributed by atoms with Gasteiger partial charge in [-0.25, -0.2) is 0 Å². The minimum Gasteiger partial charge on any atom is -0.374 e. The lowest BCUT2D eigenvalue weighted by atomic mass is 9.73. The normalized spacial score (nSPS) is 28.2. The van der Waals surface area contributed by atoms with Crippen molar-refractivity contribution >= 4 is 0 Å². The average Bonchev–Trinajstić information content (AvgIpc) is 2.46. The highest BCUT2D eigenvalue weighted by atomic mass is 16.5. The number of ether oxygens (including phenoxy) is 1. The van der Waals surface area contributed by atoms with Gasteiger partial charge in [-0.05, 0) is 37.7 Å². The van der Waals surface area contributed by atoms with Crippen LogP contribution in [0.3, 0.4) is 0 Å². The first-order valence-electron chi connectivity index (χ1n) is 7.84. The van der Waals surface area contributed by atoms with Gasteiger partial charge in [0.2, 0.25) is 0 Å². The summed E-state index contributed by atoms with van der Waals surface area (Å²) >= 11 is 0. The minimum atomic E-state index is -0.114. The number of hydrazine groups is 1. The molecule has 1 saturated carbocycles. The van der Waals surface area contributed by atoms with Gasteiger partial charge in [-0.1, -0.05) is 50.1 Å². The second kappa shape index (κ2) is 7.21. The molecule has 0 amide bonds. The minimum absolute atomic E-state index is 0.114. The fourth-order valence-electron chi connectivity index (χ4n) is 3.63. The Morgan fingerprint density at radius 2 is 2.15 bits per heavy atom. The molecule has 20 heavy (non-hydrogen) atoms. The van der Waals surface area contributed by atoms with Crippen molar-refractivity contribution in [3.8, 4) is 0 Å². The molecule has 0 heterocycles. The van der Waals surface area contributed by atoms with Gasteiger partial charge in [0.15, 0.2) is 0 Å². The predicted molar refractivity (Wildman–Crippen MR) is 83.2 cm³/mol. The number of hydrogen-bond acceptors (Lipinski definition) is 3. The van der Waals surface area contributed by atoms with E-state index in [-0.39, 0.29) is 11.6 Å². The van der Waals surface area contributed by atoms with Crippen molar-refractivity contribution in [1.29, 1.82) is 0 Å². The first-order valence-corrected chi connectivity index (χ1v) is 7.84. The highest BCUT2D eigenvalue weighted by Crippen LogP contribution is 2.38. The molecule has 3 unspecified atom stereocenters. The summed E-state index contributed by atoms with van der Waals surface area (Å²) in [7, 11) is 0. The Bertz CT molecular complexity index is 391. The van der Waals surface area contributed by atoms with Gasteiger partial charge in [-0.2, -0.15) is 0 Å². The molecule has 1 fully saturated rings. The van der Waals surface area contributed by atoms with Crippen LogP contribution in [0.2, 0.25) is 0 Å². The Kier molecular flexibility index (Phi) is 5.58. The van der Waals surface area contributed by atoms with Crippen molar-refractivity contribution in [3.63, 3.8) is 0 Å². The number of nitrogens with one attached hydrogen (secondary N) is 1. The van der Waals surface area contributed by atoms with Crippen molar-refractivity contribution in [2.45, 2.75) is 57.6 Å². The molecule has 1 aliphatic rings. The summed E-state index contributed by atoms with van der Waals surface area (Å²) in [5.41, 5.74) is 4.24. The van der Waals surface area contributed by atoms with E-state index in [0.29, 0.717) is 5.92 Å². The molecule has 1 aromatic rings. The maximum Gasteiger partial charge on any atom is 0.0853 e. The molecular weight excluding hydrogens is 248 g/mol. The fourth-order valence-corrected chi connectivity index (χ4v) is 3.63. The molecule has 3 heteroatoms. The van der Waals surface area contributed by atoms with E-state index < -0.39 is 0 Å². The van der Waals surface area contributed by atoms with Crippen molar-refractivity contribution < 1.29 is 4.74 Å². The number of hydrogen-bond donors (Lipinski definition) is 2. The van der Waals surface area contributed by atoms with Crippen LogP contribution in [0.5, 0.6) is 0 Å². The zero-order valence-electron chi connectivity index (χ0n) is 12.8. The summed E-state index contributed by atoms with van der Waals surface area (Å²) in [5.74, 6) is 6.59. The van der Waals surface area contributed by atoms with Gasteiger partial charge in [-0.15, -0.1) is 0 Å². The van der Waals surface area contributed by atoms with Crippen molar-refractivity contribution in [3.05, 3.63) is 35.9 Å². The van der Waals surface area contributed by atoms with Gasteiger partial charge < -0.3 is 4.74 Å². The van der Waals surface area contributed by atoms with Crippen LogP contribution in [0.25, 0.3) is 0 Å². The van der Waals surface area contributed by atoms with Gasteiger partial charge in [-0.3, -0.25) is 11.3 Å². The summed E-state index contributed by atoms with van der Waals surface area (Å²) in [5, 5.41) is 0. The summed E-state index contributed by atoms with van der Waals surface area (Å²) in [6, 6.07) is 10.7. The van der Waals surface area contributed by atoms with Crippen LogP contribution in [0.15, 0.2) is 30.3 Å². The van der Waals surface area contributed by atoms with E-state index in [0.717, 1.165) is 25.9 Å². The molecule has 0 aromatic heterocycles.